The Morgan fingerprint density at radius 1 is 1.25 bits per heavy atom. The molecule has 4 heteroatoms. The van der Waals surface area contributed by atoms with Crippen molar-refractivity contribution in [1.29, 1.82) is 0 Å². The highest BCUT2D eigenvalue weighted by molar-refractivity contribution is 6.06. The van der Waals surface area contributed by atoms with Crippen LogP contribution in [0.1, 0.15) is 21.5 Å². The van der Waals surface area contributed by atoms with E-state index in [-0.39, 0.29) is 17.2 Å². The van der Waals surface area contributed by atoms with E-state index in [4.69, 9.17) is 4.74 Å². The molecule has 0 aliphatic rings. The van der Waals surface area contributed by atoms with Gasteiger partial charge in [0.1, 0.15) is 5.75 Å². The highest BCUT2D eigenvalue weighted by atomic mass is 16.5. The second kappa shape index (κ2) is 6.21. The average molecular weight is 271 g/mol. The largest absolute Gasteiger partial charge is 0.507 e. The summed E-state index contributed by atoms with van der Waals surface area (Å²) in [6.07, 6.45) is 0. The van der Waals surface area contributed by atoms with Crippen molar-refractivity contribution in [2.45, 2.75) is 13.5 Å². The van der Waals surface area contributed by atoms with Crippen molar-refractivity contribution in [3.8, 4) is 5.75 Å². The minimum absolute atomic E-state index is 0.0267. The van der Waals surface area contributed by atoms with Crippen LogP contribution in [0.15, 0.2) is 42.5 Å². The van der Waals surface area contributed by atoms with E-state index in [1.54, 1.807) is 25.3 Å². The minimum Gasteiger partial charge on any atom is -0.507 e. The summed E-state index contributed by atoms with van der Waals surface area (Å²) >= 11 is 0. The lowest BCUT2D eigenvalue weighted by molar-refractivity contribution is 0.102. The van der Waals surface area contributed by atoms with E-state index in [0.29, 0.717) is 12.3 Å². The normalized spacial score (nSPS) is 10.3. The van der Waals surface area contributed by atoms with Crippen LogP contribution in [0.4, 0.5) is 5.69 Å². The van der Waals surface area contributed by atoms with Crippen LogP contribution in [0.3, 0.4) is 0 Å². The van der Waals surface area contributed by atoms with Crippen LogP contribution < -0.4 is 5.32 Å². The molecule has 2 aromatic rings. The number of aromatic hydroxyl groups is 1. The SMILES string of the molecule is COCc1cccc(NC(=O)c2cc(C)ccc2O)c1. The van der Waals surface area contributed by atoms with E-state index in [2.05, 4.69) is 5.32 Å². The number of hydrogen-bond acceptors (Lipinski definition) is 3. The minimum atomic E-state index is -0.333. The van der Waals surface area contributed by atoms with E-state index < -0.39 is 0 Å². The molecule has 4 nitrogen and oxygen atoms in total. The van der Waals surface area contributed by atoms with Gasteiger partial charge in [0.15, 0.2) is 0 Å². The number of benzene rings is 2. The van der Waals surface area contributed by atoms with Crippen LogP contribution in [0.5, 0.6) is 5.75 Å². The number of nitrogens with one attached hydrogen (secondary N) is 1. The molecule has 0 aromatic heterocycles. The standard InChI is InChI=1S/C16H17NO3/c1-11-6-7-15(18)14(8-11)16(19)17-13-5-3-4-12(9-13)10-20-2/h3-9,18H,10H2,1-2H3,(H,17,19). The quantitative estimate of drug-likeness (QED) is 0.898. The molecular weight excluding hydrogens is 254 g/mol. The maximum Gasteiger partial charge on any atom is 0.259 e. The van der Waals surface area contributed by atoms with Gasteiger partial charge in [0.05, 0.1) is 12.2 Å². The van der Waals surface area contributed by atoms with E-state index in [1.165, 1.54) is 6.07 Å². The first-order valence-corrected chi connectivity index (χ1v) is 6.29. The van der Waals surface area contributed by atoms with Gasteiger partial charge in [-0.1, -0.05) is 23.8 Å². The number of phenols is 1. The maximum atomic E-state index is 12.2. The molecule has 0 atom stereocenters. The lowest BCUT2D eigenvalue weighted by atomic mass is 10.1. The fraction of sp³-hybridized carbons (Fsp3) is 0.188. The van der Waals surface area contributed by atoms with E-state index >= 15 is 0 Å². The summed E-state index contributed by atoms with van der Waals surface area (Å²) < 4.78 is 5.05. The number of phenolic OH excluding ortho intramolecular Hbond substituents is 1. The highest BCUT2D eigenvalue weighted by Gasteiger charge is 2.11. The molecule has 0 aliphatic carbocycles. The number of methoxy groups -OCH3 is 1. The smallest absolute Gasteiger partial charge is 0.259 e. The summed E-state index contributed by atoms with van der Waals surface area (Å²) in [4.78, 5) is 12.2. The van der Waals surface area contributed by atoms with Gasteiger partial charge >= 0.3 is 0 Å². The number of anilines is 1. The summed E-state index contributed by atoms with van der Waals surface area (Å²) in [6.45, 7) is 2.36. The molecule has 0 heterocycles. The molecule has 0 fully saturated rings. The lowest BCUT2D eigenvalue weighted by Gasteiger charge is -2.09. The monoisotopic (exact) mass is 271 g/mol. The van der Waals surface area contributed by atoms with Crippen LogP contribution >= 0.6 is 0 Å². The first-order valence-electron chi connectivity index (χ1n) is 6.29. The summed E-state index contributed by atoms with van der Waals surface area (Å²) in [5.74, 6) is -0.359. The van der Waals surface area contributed by atoms with Gasteiger partial charge in [-0.15, -0.1) is 0 Å². The molecule has 0 bridgehead atoms. The summed E-state index contributed by atoms with van der Waals surface area (Å²) in [7, 11) is 1.62. The molecule has 1 amide bonds. The van der Waals surface area contributed by atoms with Crippen molar-refractivity contribution in [3.05, 3.63) is 59.2 Å². The zero-order valence-electron chi connectivity index (χ0n) is 11.5. The Morgan fingerprint density at radius 3 is 2.80 bits per heavy atom. The zero-order valence-corrected chi connectivity index (χ0v) is 11.5. The summed E-state index contributed by atoms with van der Waals surface area (Å²) in [5.41, 5.74) is 2.83. The van der Waals surface area contributed by atoms with Crippen LogP contribution in [0.2, 0.25) is 0 Å². The predicted octanol–water partition coefficient (Wildman–Crippen LogP) is 3.10. The van der Waals surface area contributed by atoms with Crippen molar-refractivity contribution in [3.63, 3.8) is 0 Å². The number of amides is 1. The fourth-order valence-corrected chi connectivity index (χ4v) is 1.94. The Bertz CT molecular complexity index is 623. The van der Waals surface area contributed by atoms with Gasteiger partial charge < -0.3 is 15.2 Å². The number of rotatable bonds is 4. The molecule has 0 unspecified atom stereocenters. The molecule has 0 saturated heterocycles. The van der Waals surface area contributed by atoms with Gasteiger partial charge in [-0.05, 0) is 36.8 Å². The molecule has 20 heavy (non-hydrogen) atoms. The van der Waals surface area contributed by atoms with Crippen molar-refractivity contribution < 1.29 is 14.6 Å². The second-order valence-corrected chi connectivity index (χ2v) is 4.61. The van der Waals surface area contributed by atoms with E-state index in [0.717, 1.165) is 11.1 Å². The van der Waals surface area contributed by atoms with Gasteiger partial charge in [0.25, 0.3) is 5.91 Å². The molecule has 2 N–H and O–H groups in total. The highest BCUT2D eigenvalue weighted by Crippen LogP contribution is 2.20. The van der Waals surface area contributed by atoms with Crippen LogP contribution in [0, 0.1) is 6.92 Å². The molecular formula is C16H17NO3. The Hall–Kier alpha value is -2.33. The van der Waals surface area contributed by atoms with Gasteiger partial charge in [-0.25, -0.2) is 0 Å². The number of ether oxygens (including phenoxy) is 1. The topological polar surface area (TPSA) is 58.6 Å². The molecule has 104 valence electrons. The van der Waals surface area contributed by atoms with E-state index in [9.17, 15) is 9.90 Å². The zero-order chi connectivity index (χ0) is 14.5. The number of hydrogen-bond donors (Lipinski definition) is 2. The third kappa shape index (κ3) is 3.36. The second-order valence-electron chi connectivity index (χ2n) is 4.61. The van der Waals surface area contributed by atoms with Crippen molar-refractivity contribution in [1.82, 2.24) is 0 Å². The number of carbonyl (C=O) groups excluding carboxylic acids is 1. The summed E-state index contributed by atoms with van der Waals surface area (Å²) in [5, 5.41) is 12.5. The van der Waals surface area contributed by atoms with Gasteiger partial charge in [0, 0.05) is 12.8 Å². The van der Waals surface area contributed by atoms with Gasteiger partial charge in [-0.2, -0.15) is 0 Å². The Balaban J connectivity index is 2.19. The number of aryl methyl sites for hydroxylation is 1. The molecule has 0 radical (unpaired) electrons. The maximum absolute atomic E-state index is 12.2. The first-order chi connectivity index (χ1) is 9.60. The van der Waals surface area contributed by atoms with E-state index in [1.807, 2.05) is 25.1 Å². The molecule has 0 saturated carbocycles. The van der Waals surface area contributed by atoms with Crippen LogP contribution in [-0.2, 0) is 11.3 Å². The Morgan fingerprint density at radius 2 is 2.05 bits per heavy atom. The Kier molecular flexibility index (Phi) is 4.38. The molecule has 0 aliphatic heterocycles. The first kappa shape index (κ1) is 14.1. The Labute approximate surface area is 118 Å². The van der Waals surface area contributed by atoms with Crippen molar-refractivity contribution in [2.75, 3.05) is 12.4 Å². The van der Waals surface area contributed by atoms with Gasteiger partial charge in [-0.3, -0.25) is 4.79 Å². The average Bonchev–Trinajstić information content (AvgIpc) is 2.42. The lowest BCUT2D eigenvalue weighted by Crippen LogP contribution is -2.12. The summed E-state index contributed by atoms with van der Waals surface area (Å²) in [6, 6.07) is 12.3. The fourth-order valence-electron chi connectivity index (χ4n) is 1.94. The predicted molar refractivity (Wildman–Crippen MR) is 78.0 cm³/mol. The van der Waals surface area contributed by atoms with Crippen molar-refractivity contribution >= 4 is 11.6 Å². The van der Waals surface area contributed by atoms with Crippen LogP contribution in [-0.4, -0.2) is 18.1 Å². The van der Waals surface area contributed by atoms with Crippen molar-refractivity contribution in [2.24, 2.45) is 0 Å². The molecule has 0 spiro atoms. The molecule has 2 aromatic carbocycles. The third-order valence-corrected chi connectivity index (χ3v) is 2.89. The molecule has 2 rings (SSSR count). The van der Waals surface area contributed by atoms with Gasteiger partial charge in [0.2, 0.25) is 0 Å². The third-order valence-electron chi connectivity index (χ3n) is 2.89. The number of carbonyl (C=O) groups is 1. The van der Waals surface area contributed by atoms with Crippen LogP contribution in [0.25, 0.3) is 0 Å².